The quantitative estimate of drug-likeness (QED) is 0.545. The van der Waals surface area contributed by atoms with E-state index in [9.17, 15) is 4.79 Å². The van der Waals surface area contributed by atoms with Gasteiger partial charge in [0.25, 0.3) is 0 Å². The minimum Gasteiger partial charge on any atom is -0.454 e. The van der Waals surface area contributed by atoms with E-state index in [1.165, 1.54) is 11.1 Å². The monoisotopic (exact) mass is 188 g/mol. The predicted molar refractivity (Wildman–Crippen MR) is 52.6 cm³/mol. The summed E-state index contributed by atoms with van der Waals surface area (Å²) in [6.45, 7) is 0. The number of ether oxygens (including phenoxy) is 1. The van der Waals surface area contributed by atoms with Crippen molar-refractivity contribution >= 4 is 5.97 Å². The van der Waals surface area contributed by atoms with Crippen LogP contribution in [0.15, 0.2) is 34.9 Å². The zero-order valence-corrected chi connectivity index (χ0v) is 7.95. The average molecular weight is 188 g/mol. The van der Waals surface area contributed by atoms with Crippen LogP contribution in [0.2, 0.25) is 0 Å². The Balaban J connectivity index is 2.07. The summed E-state index contributed by atoms with van der Waals surface area (Å²) in [6, 6.07) is 0. The van der Waals surface area contributed by atoms with E-state index in [0.29, 0.717) is 0 Å². The molecule has 2 aliphatic carbocycles. The van der Waals surface area contributed by atoms with Crippen molar-refractivity contribution in [3.63, 3.8) is 0 Å². The van der Waals surface area contributed by atoms with Gasteiger partial charge in [0.05, 0.1) is 0 Å². The third-order valence-electron chi connectivity index (χ3n) is 3.18. The molecule has 14 heavy (non-hydrogen) atoms. The van der Waals surface area contributed by atoms with E-state index in [0.717, 1.165) is 31.3 Å². The Hall–Kier alpha value is -1.31. The highest BCUT2D eigenvalue weighted by molar-refractivity contribution is 5.88. The number of hydrogen-bond donors (Lipinski definition) is 0. The molecule has 2 heteroatoms. The van der Waals surface area contributed by atoms with Gasteiger partial charge in [-0.05, 0) is 31.3 Å². The molecule has 3 aliphatic rings. The molecule has 1 heterocycles. The fraction of sp³-hybridized carbons (Fsp3) is 0.417. The van der Waals surface area contributed by atoms with Gasteiger partial charge in [0.1, 0.15) is 6.10 Å². The fourth-order valence-electron chi connectivity index (χ4n) is 2.50. The lowest BCUT2D eigenvalue weighted by Gasteiger charge is -2.26. The normalized spacial score (nSPS) is 29.6. The average Bonchev–Trinajstić information content (AvgIpc) is 2.59. The molecule has 3 rings (SSSR count). The summed E-state index contributed by atoms with van der Waals surface area (Å²) >= 11 is 0. The summed E-state index contributed by atoms with van der Waals surface area (Å²) < 4.78 is 5.21. The Morgan fingerprint density at radius 1 is 1.36 bits per heavy atom. The molecule has 0 aromatic carbocycles. The van der Waals surface area contributed by atoms with Crippen LogP contribution in [-0.2, 0) is 9.53 Å². The van der Waals surface area contributed by atoms with Gasteiger partial charge in [-0.25, -0.2) is 4.79 Å². The number of carbonyl (C=O) groups is 1. The Morgan fingerprint density at radius 3 is 3.21 bits per heavy atom. The molecule has 0 amide bonds. The first-order valence-electron chi connectivity index (χ1n) is 5.16. The summed E-state index contributed by atoms with van der Waals surface area (Å²) in [4.78, 5) is 11.1. The van der Waals surface area contributed by atoms with Crippen LogP contribution in [0.1, 0.15) is 25.7 Å². The maximum atomic E-state index is 11.1. The van der Waals surface area contributed by atoms with Crippen molar-refractivity contribution in [2.24, 2.45) is 0 Å². The molecule has 0 radical (unpaired) electrons. The van der Waals surface area contributed by atoms with E-state index >= 15 is 0 Å². The zero-order valence-electron chi connectivity index (χ0n) is 7.95. The van der Waals surface area contributed by atoms with Gasteiger partial charge in [-0.2, -0.15) is 0 Å². The number of allylic oxidation sites excluding steroid dienone is 3. The van der Waals surface area contributed by atoms with Crippen molar-refractivity contribution in [3.8, 4) is 0 Å². The first kappa shape index (κ1) is 8.04. The summed E-state index contributed by atoms with van der Waals surface area (Å²) in [5.74, 6) is -0.169. The van der Waals surface area contributed by atoms with E-state index in [1.54, 1.807) is 6.08 Å². The van der Waals surface area contributed by atoms with Crippen LogP contribution >= 0.6 is 0 Å². The van der Waals surface area contributed by atoms with Gasteiger partial charge >= 0.3 is 5.97 Å². The highest BCUT2D eigenvalue weighted by Gasteiger charge is 2.32. The van der Waals surface area contributed by atoms with Crippen LogP contribution in [-0.4, -0.2) is 12.1 Å². The van der Waals surface area contributed by atoms with E-state index < -0.39 is 0 Å². The summed E-state index contributed by atoms with van der Waals surface area (Å²) in [5.41, 5.74) is 3.90. The summed E-state index contributed by atoms with van der Waals surface area (Å²) in [5, 5.41) is 0. The molecule has 0 spiro atoms. The first-order chi connectivity index (χ1) is 6.84. The van der Waals surface area contributed by atoms with Crippen LogP contribution in [0.5, 0.6) is 0 Å². The van der Waals surface area contributed by atoms with Crippen molar-refractivity contribution in [3.05, 3.63) is 34.9 Å². The molecular weight excluding hydrogens is 176 g/mol. The van der Waals surface area contributed by atoms with E-state index in [2.05, 4.69) is 12.2 Å². The van der Waals surface area contributed by atoms with E-state index in [-0.39, 0.29) is 12.1 Å². The molecule has 1 aliphatic heterocycles. The largest absolute Gasteiger partial charge is 0.454 e. The second-order valence-corrected chi connectivity index (χ2v) is 4.02. The number of fused-ring (bicyclic) bond motifs is 2. The molecule has 72 valence electrons. The van der Waals surface area contributed by atoms with Gasteiger partial charge < -0.3 is 4.74 Å². The Morgan fingerprint density at radius 2 is 2.29 bits per heavy atom. The number of esters is 1. The standard InChI is InChI=1S/C12H12O2/c13-12-7-10-9-4-2-1-3-8(9)5-6-11(10)14-12/h2,4,7,11H,1,3,5-6H2. The van der Waals surface area contributed by atoms with E-state index in [1.807, 2.05) is 0 Å². The van der Waals surface area contributed by atoms with Gasteiger partial charge in [-0.15, -0.1) is 0 Å². The Labute approximate surface area is 82.9 Å². The number of carbonyl (C=O) groups excluding carboxylic acids is 1. The maximum Gasteiger partial charge on any atom is 0.331 e. The smallest absolute Gasteiger partial charge is 0.331 e. The molecule has 2 nitrogen and oxygen atoms in total. The van der Waals surface area contributed by atoms with Crippen LogP contribution in [0.25, 0.3) is 0 Å². The second kappa shape index (κ2) is 2.84. The van der Waals surface area contributed by atoms with Gasteiger partial charge in [-0.3, -0.25) is 0 Å². The Kier molecular flexibility index (Phi) is 1.63. The molecule has 0 aromatic rings. The highest BCUT2D eigenvalue weighted by Crippen LogP contribution is 2.39. The highest BCUT2D eigenvalue weighted by atomic mass is 16.5. The van der Waals surface area contributed by atoms with Gasteiger partial charge in [-0.1, -0.05) is 17.7 Å². The van der Waals surface area contributed by atoms with E-state index in [4.69, 9.17) is 4.74 Å². The molecule has 1 atom stereocenters. The van der Waals surface area contributed by atoms with Crippen LogP contribution in [0.3, 0.4) is 0 Å². The van der Waals surface area contributed by atoms with Crippen molar-refractivity contribution in [2.45, 2.75) is 31.8 Å². The topological polar surface area (TPSA) is 26.3 Å². The number of hydrogen-bond acceptors (Lipinski definition) is 2. The molecule has 0 N–H and O–H groups in total. The fourth-order valence-corrected chi connectivity index (χ4v) is 2.50. The molecule has 0 aromatic heterocycles. The molecule has 0 saturated carbocycles. The number of rotatable bonds is 0. The maximum absolute atomic E-state index is 11.1. The van der Waals surface area contributed by atoms with Gasteiger partial charge in [0.2, 0.25) is 0 Å². The molecule has 1 unspecified atom stereocenters. The second-order valence-electron chi connectivity index (χ2n) is 4.02. The first-order valence-corrected chi connectivity index (χ1v) is 5.16. The predicted octanol–water partition coefficient (Wildman–Crippen LogP) is 2.28. The summed E-state index contributed by atoms with van der Waals surface area (Å²) in [6.07, 6.45) is 10.4. The lowest BCUT2D eigenvalue weighted by atomic mass is 9.81. The minimum atomic E-state index is -0.169. The third-order valence-corrected chi connectivity index (χ3v) is 3.18. The molecule has 0 fully saturated rings. The lowest BCUT2D eigenvalue weighted by molar-refractivity contribution is -0.139. The molecular formula is C12H12O2. The lowest BCUT2D eigenvalue weighted by Crippen LogP contribution is -2.18. The van der Waals surface area contributed by atoms with Gasteiger partial charge in [0.15, 0.2) is 0 Å². The van der Waals surface area contributed by atoms with Gasteiger partial charge in [0, 0.05) is 11.6 Å². The third kappa shape index (κ3) is 1.07. The summed E-state index contributed by atoms with van der Waals surface area (Å²) in [7, 11) is 0. The van der Waals surface area contributed by atoms with Crippen LogP contribution < -0.4 is 0 Å². The van der Waals surface area contributed by atoms with Crippen molar-refractivity contribution in [2.75, 3.05) is 0 Å². The van der Waals surface area contributed by atoms with Crippen LogP contribution in [0, 0.1) is 0 Å². The SMILES string of the molecule is O=C1C=C2C3=C(CCC=C3)CCC2O1. The van der Waals surface area contributed by atoms with Crippen molar-refractivity contribution in [1.82, 2.24) is 0 Å². The van der Waals surface area contributed by atoms with Crippen LogP contribution in [0.4, 0.5) is 0 Å². The van der Waals surface area contributed by atoms with Crippen molar-refractivity contribution in [1.29, 1.82) is 0 Å². The molecule has 0 saturated heterocycles. The van der Waals surface area contributed by atoms with Crippen molar-refractivity contribution < 1.29 is 9.53 Å². The Bertz CT molecular complexity index is 385. The zero-order chi connectivity index (χ0) is 9.54. The minimum absolute atomic E-state index is 0.0454. The molecule has 0 bridgehead atoms.